The minimum Gasteiger partial charge on any atom is -0.493 e. The minimum atomic E-state index is -3.61. The number of carbonyl (C=O) groups excluding carboxylic acids is 1. The summed E-state index contributed by atoms with van der Waals surface area (Å²) in [5.74, 6) is 0.175. The molecule has 0 aliphatic rings. The fourth-order valence-electron chi connectivity index (χ4n) is 2.47. The molecule has 0 spiro atoms. The predicted molar refractivity (Wildman–Crippen MR) is 104 cm³/mol. The average Bonchev–Trinajstić information content (AvgIpc) is 2.67. The second-order valence-electron chi connectivity index (χ2n) is 5.93. The van der Waals surface area contributed by atoms with Crippen molar-refractivity contribution in [3.05, 3.63) is 48.0 Å². The van der Waals surface area contributed by atoms with Crippen LogP contribution in [-0.4, -0.2) is 40.8 Å². The van der Waals surface area contributed by atoms with Gasteiger partial charge in [0.1, 0.15) is 0 Å². The maximum Gasteiger partial charge on any atom is 0.221 e. The number of nitrogens with one attached hydrogen (secondary N) is 1. The molecule has 2 rings (SSSR count). The van der Waals surface area contributed by atoms with Gasteiger partial charge in [-0.1, -0.05) is 12.1 Å². The first-order valence-corrected chi connectivity index (χ1v) is 10.1. The zero-order chi connectivity index (χ0) is 19.9. The fraction of sp³-hybridized carbons (Fsp3) is 0.316. The third kappa shape index (κ3) is 5.89. The number of amides is 1. The maximum atomic E-state index is 12.4. The number of anilines is 1. The van der Waals surface area contributed by atoms with Gasteiger partial charge in [-0.3, -0.25) is 4.79 Å². The number of methoxy groups -OCH3 is 2. The second kappa shape index (κ2) is 9.27. The van der Waals surface area contributed by atoms with Crippen molar-refractivity contribution < 1.29 is 22.7 Å². The van der Waals surface area contributed by atoms with E-state index < -0.39 is 9.84 Å². The van der Waals surface area contributed by atoms with Crippen LogP contribution in [0.3, 0.4) is 0 Å². The number of benzene rings is 2. The predicted octanol–water partition coefficient (Wildman–Crippen LogP) is 1.81. The first-order chi connectivity index (χ1) is 12.9. The molecule has 7 nitrogen and oxygen atoms in total. The first-order valence-electron chi connectivity index (χ1n) is 8.41. The Morgan fingerprint density at radius 2 is 1.70 bits per heavy atom. The van der Waals surface area contributed by atoms with Crippen LogP contribution < -0.4 is 20.5 Å². The van der Waals surface area contributed by atoms with E-state index in [1.807, 2.05) is 12.1 Å². The highest BCUT2D eigenvalue weighted by Gasteiger charge is 2.18. The first kappa shape index (κ1) is 20.6. The van der Waals surface area contributed by atoms with E-state index in [1.54, 1.807) is 12.1 Å². The smallest absolute Gasteiger partial charge is 0.221 e. The number of ether oxygens (including phenoxy) is 2. The molecule has 0 unspecified atom stereocenters. The van der Waals surface area contributed by atoms with Crippen molar-refractivity contribution in [1.82, 2.24) is 5.32 Å². The van der Waals surface area contributed by atoms with Crippen LogP contribution in [0, 0.1) is 0 Å². The molecule has 2 aromatic carbocycles. The summed E-state index contributed by atoms with van der Waals surface area (Å²) in [5.41, 5.74) is 7.35. The molecule has 1 amide bonds. The topological polar surface area (TPSA) is 108 Å². The second-order valence-corrected chi connectivity index (χ2v) is 8.04. The normalized spacial score (nSPS) is 11.0. The summed E-state index contributed by atoms with van der Waals surface area (Å²) in [4.78, 5) is 12.0. The molecule has 0 aromatic heterocycles. The van der Waals surface area contributed by atoms with Crippen molar-refractivity contribution in [1.29, 1.82) is 0 Å². The molecule has 0 fully saturated rings. The number of rotatable bonds is 9. The molecule has 146 valence electrons. The number of hydrogen-bond acceptors (Lipinski definition) is 6. The molecule has 27 heavy (non-hydrogen) atoms. The number of hydrogen-bond donors (Lipinski definition) is 2. The molecule has 0 aliphatic carbocycles. The van der Waals surface area contributed by atoms with Gasteiger partial charge in [0.05, 0.1) is 24.9 Å². The van der Waals surface area contributed by atoms with Gasteiger partial charge in [-0.2, -0.15) is 0 Å². The molecule has 0 heterocycles. The lowest BCUT2D eigenvalue weighted by molar-refractivity contribution is -0.120. The highest BCUT2D eigenvalue weighted by Crippen LogP contribution is 2.29. The Bertz CT molecular complexity index is 879. The van der Waals surface area contributed by atoms with E-state index in [2.05, 4.69) is 5.32 Å². The number of sulfone groups is 1. The Labute approximate surface area is 159 Å². The van der Waals surface area contributed by atoms with Crippen molar-refractivity contribution in [2.45, 2.75) is 17.7 Å². The number of nitrogen functional groups attached to an aromatic ring is 1. The number of nitrogens with two attached hydrogens (primary N) is 1. The van der Waals surface area contributed by atoms with E-state index in [0.717, 1.165) is 5.56 Å². The monoisotopic (exact) mass is 392 g/mol. The maximum absolute atomic E-state index is 12.4. The molecule has 3 N–H and O–H groups in total. The van der Waals surface area contributed by atoms with Crippen molar-refractivity contribution in [2.75, 3.05) is 32.3 Å². The lowest BCUT2D eigenvalue weighted by Gasteiger charge is -2.10. The van der Waals surface area contributed by atoms with Crippen LogP contribution in [0.25, 0.3) is 0 Å². The van der Waals surface area contributed by atoms with Gasteiger partial charge in [-0.05, 0) is 36.2 Å². The van der Waals surface area contributed by atoms with Gasteiger partial charge in [-0.15, -0.1) is 0 Å². The van der Waals surface area contributed by atoms with E-state index in [-0.39, 0.29) is 23.0 Å². The zero-order valence-electron chi connectivity index (χ0n) is 15.4. The van der Waals surface area contributed by atoms with Crippen LogP contribution in [0.1, 0.15) is 12.0 Å². The van der Waals surface area contributed by atoms with Crippen molar-refractivity contribution in [3.8, 4) is 11.5 Å². The third-order valence-electron chi connectivity index (χ3n) is 4.03. The van der Waals surface area contributed by atoms with Gasteiger partial charge >= 0.3 is 0 Å². The quantitative estimate of drug-likeness (QED) is 0.630. The van der Waals surface area contributed by atoms with Gasteiger partial charge in [0.15, 0.2) is 21.3 Å². The molecule has 0 atom stereocenters. The van der Waals surface area contributed by atoms with Crippen LogP contribution in [0.4, 0.5) is 5.69 Å². The Balaban J connectivity index is 1.87. The molecule has 8 heteroatoms. The highest BCUT2D eigenvalue weighted by atomic mass is 32.2. The summed E-state index contributed by atoms with van der Waals surface area (Å²) in [6.07, 6.45) is 0.535. The van der Waals surface area contributed by atoms with Crippen LogP contribution in [0.5, 0.6) is 11.5 Å². The van der Waals surface area contributed by atoms with Gasteiger partial charge in [0, 0.05) is 24.7 Å². The Morgan fingerprint density at radius 3 is 2.33 bits per heavy atom. The van der Waals surface area contributed by atoms with Crippen molar-refractivity contribution in [2.24, 2.45) is 0 Å². The Hall–Kier alpha value is -2.74. The highest BCUT2D eigenvalue weighted by molar-refractivity contribution is 7.91. The van der Waals surface area contributed by atoms with E-state index in [4.69, 9.17) is 15.2 Å². The SMILES string of the molecule is COc1ccc(S(=O)(=O)CCC(=O)NCCc2ccc(N)cc2)cc1OC. The summed E-state index contributed by atoms with van der Waals surface area (Å²) in [5, 5.41) is 2.73. The van der Waals surface area contributed by atoms with Crippen LogP contribution >= 0.6 is 0 Å². The summed E-state index contributed by atoms with van der Waals surface area (Å²) >= 11 is 0. The van der Waals surface area contributed by atoms with E-state index in [0.29, 0.717) is 30.2 Å². The summed E-state index contributed by atoms with van der Waals surface area (Å²) in [6, 6.07) is 11.7. The molecule has 0 aliphatic heterocycles. The molecule has 0 radical (unpaired) electrons. The molecular formula is C19H24N2O5S. The standard InChI is InChI=1S/C19H24N2O5S/c1-25-17-8-7-16(13-18(17)26-2)27(23,24)12-10-19(22)21-11-9-14-3-5-15(20)6-4-14/h3-8,13H,9-12,20H2,1-2H3,(H,21,22). The van der Waals surface area contributed by atoms with Crippen molar-refractivity contribution in [3.63, 3.8) is 0 Å². The summed E-state index contributed by atoms with van der Waals surface area (Å²) in [6.45, 7) is 0.430. The Morgan fingerprint density at radius 1 is 1.04 bits per heavy atom. The zero-order valence-corrected chi connectivity index (χ0v) is 16.2. The molecule has 0 bridgehead atoms. The van der Waals surface area contributed by atoms with Gasteiger partial charge < -0.3 is 20.5 Å². The average molecular weight is 392 g/mol. The van der Waals surface area contributed by atoms with Crippen molar-refractivity contribution >= 4 is 21.4 Å². The van der Waals surface area contributed by atoms with Crippen LogP contribution in [0.15, 0.2) is 47.4 Å². The van der Waals surface area contributed by atoms with E-state index >= 15 is 0 Å². The fourth-order valence-corrected chi connectivity index (χ4v) is 3.73. The lowest BCUT2D eigenvalue weighted by atomic mass is 10.1. The lowest BCUT2D eigenvalue weighted by Crippen LogP contribution is -2.27. The molecule has 2 aromatic rings. The molecule has 0 saturated heterocycles. The molecular weight excluding hydrogens is 368 g/mol. The van der Waals surface area contributed by atoms with Gasteiger partial charge in [0.25, 0.3) is 0 Å². The number of carbonyl (C=O) groups is 1. The summed E-state index contributed by atoms with van der Waals surface area (Å²) < 4.78 is 35.1. The van der Waals surface area contributed by atoms with Gasteiger partial charge in [-0.25, -0.2) is 8.42 Å². The van der Waals surface area contributed by atoms with Crippen LogP contribution in [-0.2, 0) is 21.1 Å². The van der Waals surface area contributed by atoms with Crippen LogP contribution in [0.2, 0.25) is 0 Å². The van der Waals surface area contributed by atoms with E-state index in [1.165, 1.54) is 32.4 Å². The molecule has 0 saturated carbocycles. The van der Waals surface area contributed by atoms with Gasteiger partial charge in [0.2, 0.25) is 5.91 Å². The third-order valence-corrected chi connectivity index (χ3v) is 5.74. The Kier molecular flexibility index (Phi) is 7.06. The largest absolute Gasteiger partial charge is 0.493 e. The minimum absolute atomic E-state index is 0.0924. The summed E-state index contributed by atoms with van der Waals surface area (Å²) in [7, 11) is -0.699. The van der Waals surface area contributed by atoms with E-state index in [9.17, 15) is 13.2 Å².